The Balaban J connectivity index is 2.02. The molecule has 1 aromatic rings. The normalized spacial score (nSPS) is 26.5. The van der Waals surface area contributed by atoms with E-state index in [1.165, 1.54) is 0 Å². The van der Waals surface area contributed by atoms with E-state index in [0.29, 0.717) is 13.0 Å². The highest BCUT2D eigenvalue weighted by atomic mass is 79.9. The van der Waals surface area contributed by atoms with Crippen molar-refractivity contribution in [3.05, 3.63) is 27.1 Å². The fraction of sp³-hybridized carbons (Fsp3) is 0.467. The van der Waals surface area contributed by atoms with Gasteiger partial charge in [-0.25, -0.2) is 0 Å². The van der Waals surface area contributed by atoms with E-state index in [1.807, 2.05) is 25.1 Å². The largest absolute Gasteiger partial charge is 0.342 e. The molecule has 0 radical (unpaired) electrons. The van der Waals surface area contributed by atoms with Gasteiger partial charge >= 0.3 is 0 Å². The standard InChI is InChI=1S/C15H16Br2N2O2/c1-15(9-2-3-9)14(21)19(7-6-13(20)18-15)12-8-10(16)4-5-11(12)17/h4-5,8-9H,2-3,6-7H2,1H3,(H,18,20). The Morgan fingerprint density at radius 2 is 2.00 bits per heavy atom. The second-order valence-corrected chi connectivity index (χ2v) is 7.60. The second-order valence-electron chi connectivity index (χ2n) is 5.83. The highest BCUT2D eigenvalue weighted by molar-refractivity contribution is 9.11. The van der Waals surface area contributed by atoms with Crippen LogP contribution in [0, 0.1) is 5.92 Å². The monoisotopic (exact) mass is 414 g/mol. The van der Waals surface area contributed by atoms with Crippen molar-refractivity contribution >= 4 is 49.4 Å². The molecular formula is C15H16Br2N2O2. The zero-order chi connectivity index (χ0) is 15.2. The molecule has 1 saturated carbocycles. The molecule has 1 heterocycles. The first-order valence-electron chi connectivity index (χ1n) is 7.00. The Labute approximate surface area is 140 Å². The maximum Gasteiger partial charge on any atom is 0.252 e. The molecule has 1 unspecified atom stereocenters. The molecule has 2 amide bonds. The Kier molecular flexibility index (Phi) is 3.86. The van der Waals surface area contributed by atoms with Gasteiger partial charge in [-0.2, -0.15) is 0 Å². The van der Waals surface area contributed by atoms with E-state index in [0.717, 1.165) is 27.5 Å². The fourth-order valence-corrected chi connectivity index (χ4v) is 3.67. The van der Waals surface area contributed by atoms with Crippen LogP contribution in [0.25, 0.3) is 0 Å². The van der Waals surface area contributed by atoms with Gasteiger partial charge in [0, 0.05) is 21.9 Å². The Bertz CT molecular complexity index is 616. The molecule has 1 atom stereocenters. The van der Waals surface area contributed by atoms with E-state index in [4.69, 9.17) is 0 Å². The molecule has 0 spiro atoms. The molecule has 0 aromatic heterocycles. The highest BCUT2D eigenvalue weighted by Crippen LogP contribution is 2.42. The lowest BCUT2D eigenvalue weighted by atomic mass is 9.94. The number of benzene rings is 1. The van der Waals surface area contributed by atoms with E-state index in [9.17, 15) is 9.59 Å². The number of carbonyl (C=O) groups excluding carboxylic acids is 2. The van der Waals surface area contributed by atoms with Crippen LogP contribution in [0.5, 0.6) is 0 Å². The van der Waals surface area contributed by atoms with Crippen LogP contribution >= 0.6 is 31.9 Å². The quantitative estimate of drug-likeness (QED) is 0.805. The molecule has 2 fully saturated rings. The number of halogens is 2. The highest BCUT2D eigenvalue weighted by Gasteiger charge is 2.51. The summed E-state index contributed by atoms with van der Waals surface area (Å²) in [6, 6.07) is 5.73. The van der Waals surface area contributed by atoms with E-state index >= 15 is 0 Å². The number of nitrogens with one attached hydrogen (secondary N) is 1. The number of amides is 2. The number of nitrogens with zero attached hydrogens (tertiary/aromatic N) is 1. The summed E-state index contributed by atoms with van der Waals surface area (Å²) in [5.74, 6) is 0.182. The van der Waals surface area contributed by atoms with Crippen molar-refractivity contribution in [1.82, 2.24) is 5.32 Å². The zero-order valence-electron chi connectivity index (χ0n) is 11.7. The fourth-order valence-electron chi connectivity index (χ4n) is 2.86. The summed E-state index contributed by atoms with van der Waals surface area (Å²) >= 11 is 6.95. The van der Waals surface area contributed by atoms with Crippen molar-refractivity contribution in [3.63, 3.8) is 0 Å². The summed E-state index contributed by atoms with van der Waals surface area (Å²) in [6.45, 7) is 2.26. The van der Waals surface area contributed by atoms with Gasteiger partial charge in [-0.15, -0.1) is 0 Å². The van der Waals surface area contributed by atoms with Gasteiger partial charge in [0.25, 0.3) is 5.91 Å². The van der Waals surface area contributed by atoms with Crippen molar-refractivity contribution in [2.24, 2.45) is 5.92 Å². The molecule has 1 aliphatic heterocycles. The maximum absolute atomic E-state index is 13.0. The van der Waals surface area contributed by atoms with Gasteiger partial charge in [0.1, 0.15) is 5.54 Å². The van der Waals surface area contributed by atoms with Crippen LogP contribution in [0.2, 0.25) is 0 Å². The lowest BCUT2D eigenvalue weighted by Gasteiger charge is -2.32. The van der Waals surface area contributed by atoms with Gasteiger partial charge < -0.3 is 10.2 Å². The molecular weight excluding hydrogens is 400 g/mol. The van der Waals surface area contributed by atoms with Gasteiger partial charge in [-0.3, -0.25) is 9.59 Å². The number of rotatable bonds is 2. The molecule has 3 rings (SSSR count). The molecule has 21 heavy (non-hydrogen) atoms. The molecule has 0 bridgehead atoms. The van der Waals surface area contributed by atoms with Gasteiger partial charge in [-0.1, -0.05) is 15.9 Å². The van der Waals surface area contributed by atoms with Gasteiger partial charge in [-0.05, 0) is 59.8 Å². The first-order valence-corrected chi connectivity index (χ1v) is 8.58. The predicted molar refractivity (Wildman–Crippen MR) is 88.1 cm³/mol. The number of hydrogen-bond acceptors (Lipinski definition) is 2. The number of anilines is 1. The van der Waals surface area contributed by atoms with E-state index < -0.39 is 5.54 Å². The molecule has 1 aromatic carbocycles. The first-order chi connectivity index (χ1) is 9.91. The van der Waals surface area contributed by atoms with E-state index in [1.54, 1.807) is 4.90 Å². The smallest absolute Gasteiger partial charge is 0.252 e. The summed E-state index contributed by atoms with van der Waals surface area (Å²) in [5.41, 5.74) is 0.0211. The third kappa shape index (κ3) is 2.75. The van der Waals surface area contributed by atoms with Crippen LogP contribution in [-0.2, 0) is 9.59 Å². The van der Waals surface area contributed by atoms with Crippen molar-refractivity contribution in [1.29, 1.82) is 0 Å². The molecule has 6 heteroatoms. The van der Waals surface area contributed by atoms with Crippen LogP contribution in [-0.4, -0.2) is 23.9 Å². The van der Waals surface area contributed by atoms with E-state index in [2.05, 4.69) is 37.2 Å². The molecule has 1 N–H and O–H groups in total. The minimum atomic E-state index is -0.782. The summed E-state index contributed by atoms with van der Waals surface area (Å²) < 4.78 is 1.76. The first kappa shape index (κ1) is 15.0. The van der Waals surface area contributed by atoms with Crippen LogP contribution in [0.3, 0.4) is 0 Å². The SMILES string of the molecule is CC1(C2CC2)NC(=O)CCN(c2cc(Br)ccc2Br)C1=O. The second kappa shape index (κ2) is 5.39. The third-order valence-electron chi connectivity index (χ3n) is 4.24. The van der Waals surface area contributed by atoms with Crippen molar-refractivity contribution in [2.75, 3.05) is 11.4 Å². The van der Waals surface area contributed by atoms with Gasteiger partial charge in [0.15, 0.2) is 0 Å². The van der Waals surface area contributed by atoms with Crippen molar-refractivity contribution in [2.45, 2.75) is 31.7 Å². The summed E-state index contributed by atoms with van der Waals surface area (Å²) in [7, 11) is 0. The van der Waals surface area contributed by atoms with E-state index in [-0.39, 0.29) is 17.7 Å². The van der Waals surface area contributed by atoms with Crippen molar-refractivity contribution < 1.29 is 9.59 Å². The lowest BCUT2D eigenvalue weighted by Crippen LogP contribution is -2.57. The third-order valence-corrected chi connectivity index (χ3v) is 5.41. The summed E-state index contributed by atoms with van der Waals surface area (Å²) in [5, 5.41) is 2.94. The topological polar surface area (TPSA) is 49.4 Å². The maximum atomic E-state index is 13.0. The minimum absolute atomic E-state index is 0.0188. The molecule has 4 nitrogen and oxygen atoms in total. The van der Waals surface area contributed by atoms with Crippen molar-refractivity contribution in [3.8, 4) is 0 Å². The lowest BCUT2D eigenvalue weighted by molar-refractivity contribution is -0.130. The Morgan fingerprint density at radius 3 is 2.67 bits per heavy atom. The summed E-state index contributed by atoms with van der Waals surface area (Å²) in [6.07, 6.45) is 2.32. The molecule has 112 valence electrons. The van der Waals surface area contributed by atoms with Crippen LogP contribution in [0.15, 0.2) is 27.1 Å². The number of carbonyl (C=O) groups is 2. The predicted octanol–water partition coefficient (Wildman–Crippen LogP) is 3.23. The Hall–Kier alpha value is -0.880. The van der Waals surface area contributed by atoms with Crippen LogP contribution < -0.4 is 10.2 Å². The summed E-state index contributed by atoms with van der Waals surface area (Å²) in [4.78, 5) is 26.8. The molecule has 1 saturated heterocycles. The minimum Gasteiger partial charge on any atom is -0.342 e. The zero-order valence-corrected chi connectivity index (χ0v) is 14.8. The average molecular weight is 416 g/mol. The number of hydrogen-bond donors (Lipinski definition) is 1. The molecule has 2 aliphatic rings. The van der Waals surface area contributed by atoms with Crippen LogP contribution in [0.4, 0.5) is 5.69 Å². The van der Waals surface area contributed by atoms with Gasteiger partial charge in [0.05, 0.1) is 5.69 Å². The van der Waals surface area contributed by atoms with Gasteiger partial charge in [0.2, 0.25) is 5.91 Å². The Morgan fingerprint density at radius 1 is 1.29 bits per heavy atom. The molecule has 1 aliphatic carbocycles. The van der Waals surface area contributed by atoms with Crippen LogP contribution in [0.1, 0.15) is 26.2 Å². The average Bonchev–Trinajstić information content (AvgIpc) is 3.26.